The minimum Gasteiger partial charge on any atom is -0.392 e. The molecule has 0 aromatic heterocycles. The Labute approximate surface area is 79.9 Å². The summed E-state index contributed by atoms with van der Waals surface area (Å²) in [6, 6.07) is 0.843. The molecule has 3 aliphatic rings. The molecule has 1 heterocycles. The monoisotopic (exact) mass is 181 g/mol. The average Bonchev–Trinajstić information content (AvgIpc) is 2.77. The van der Waals surface area contributed by atoms with E-state index >= 15 is 0 Å². The summed E-state index contributed by atoms with van der Waals surface area (Å²) in [4.78, 5) is 2.55. The summed E-state index contributed by atoms with van der Waals surface area (Å²) in [5.74, 6) is 2.02. The number of nitrogens with zero attached hydrogens (tertiary/aromatic N) is 1. The third-order valence-electron chi connectivity index (χ3n) is 4.36. The Bertz CT molecular complexity index is 206. The predicted octanol–water partition coefficient (Wildman–Crippen LogP) is 1.24. The molecule has 0 radical (unpaired) electrons. The van der Waals surface area contributed by atoms with Crippen LogP contribution in [0, 0.1) is 11.8 Å². The van der Waals surface area contributed by atoms with Gasteiger partial charge in [0.1, 0.15) is 0 Å². The van der Waals surface area contributed by atoms with Crippen LogP contribution in [0.3, 0.4) is 0 Å². The Morgan fingerprint density at radius 2 is 2.00 bits per heavy atom. The zero-order chi connectivity index (χ0) is 8.84. The largest absolute Gasteiger partial charge is 0.392 e. The van der Waals surface area contributed by atoms with Crippen LogP contribution < -0.4 is 0 Å². The highest BCUT2D eigenvalue weighted by Crippen LogP contribution is 2.47. The molecular weight excluding hydrogens is 162 g/mol. The molecule has 1 aliphatic heterocycles. The van der Waals surface area contributed by atoms with Crippen molar-refractivity contribution in [2.45, 2.75) is 44.2 Å². The van der Waals surface area contributed by atoms with E-state index in [0.29, 0.717) is 0 Å². The zero-order valence-electron chi connectivity index (χ0n) is 8.15. The van der Waals surface area contributed by atoms with E-state index < -0.39 is 0 Å². The number of hydrogen-bond acceptors (Lipinski definition) is 2. The molecule has 3 rings (SSSR count). The van der Waals surface area contributed by atoms with Crippen molar-refractivity contribution in [3.05, 3.63) is 0 Å². The second kappa shape index (κ2) is 2.96. The van der Waals surface area contributed by atoms with E-state index in [1.165, 1.54) is 25.7 Å². The molecular formula is C11H19NO. The number of hydrogen-bond donors (Lipinski definition) is 1. The quantitative estimate of drug-likeness (QED) is 0.658. The topological polar surface area (TPSA) is 23.5 Å². The second-order valence-electron chi connectivity index (χ2n) is 5.18. The number of aliphatic hydroxyl groups excluding tert-OH is 1. The number of β-amino-alcohol motifs (C(OH)–C–C–N with tert-alkyl or cyclic N) is 1. The van der Waals surface area contributed by atoms with Gasteiger partial charge in [0.15, 0.2) is 0 Å². The van der Waals surface area contributed by atoms with Crippen LogP contribution in [0.15, 0.2) is 0 Å². The van der Waals surface area contributed by atoms with Gasteiger partial charge in [-0.2, -0.15) is 0 Å². The smallest absolute Gasteiger partial charge is 0.0679 e. The van der Waals surface area contributed by atoms with E-state index in [0.717, 1.165) is 37.4 Å². The van der Waals surface area contributed by atoms with Crippen molar-refractivity contribution in [3.63, 3.8) is 0 Å². The van der Waals surface area contributed by atoms with Crippen LogP contribution in [0.4, 0.5) is 0 Å². The van der Waals surface area contributed by atoms with Gasteiger partial charge in [-0.15, -0.1) is 0 Å². The van der Waals surface area contributed by atoms with E-state index in [1.807, 2.05) is 0 Å². The van der Waals surface area contributed by atoms with Crippen LogP contribution in [-0.4, -0.2) is 35.2 Å². The molecule has 0 aromatic carbocycles. The summed E-state index contributed by atoms with van der Waals surface area (Å²) < 4.78 is 0. The van der Waals surface area contributed by atoms with Gasteiger partial charge in [0.2, 0.25) is 0 Å². The summed E-state index contributed by atoms with van der Waals surface area (Å²) in [7, 11) is 0. The second-order valence-corrected chi connectivity index (χ2v) is 5.18. The van der Waals surface area contributed by atoms with Crippen molar-refractivity contribution >= 4 is 0 Å². The first-order chi connectivity index (χ1) is 6.33. The molecule has 1 saturated heterocycles. The van der Waals surface area contributed by atoms with E-state index in [2.05, 4.69) is 4.90 Å². The average molecular weight is 181 g/mol. The normalized spacial score (nSPS) is 50.5. The number of fused-ring (bicyclic) bond motifs is 2. The Kier molecular flexibility index (Phi) is 1.88. The molecule has 0 aromatic rings. The first-order valence-corrected chi connectivity index (χ1v) is 5.75. The molecule has 4 atom stereocenters. The summed E-state index contributed by atoms with van der Waals surface area (Å²) in [5.41, 5.74) is 0. The Morgan fingerprint density at radius 3 is 2.54 bits per heavy atom. The van der Waals surface area contributed by atoms with Crippen molar-refractivity contribution in [2.75, 3.05) is 13.1 Å². The number of rotatable bonds is 1. The van der Waals surface area contributed by atoms with E-state index in [4.69, 9.17) is 0 Å². The molecule has 2 nitrogen and oxygen atoms in total. The van der Waals surface area contributed by atoms with Crippen molar-refractivity contribution in [2.24, 2.45) is 11.8 Å². The maximum Gasteiger partial charge on any atom is 0.0679 e. The van der Waals surface area contributed by atoms with Gasteiger partial charge in [0.25, 0.3) is 0 Å². The lowest BCUT2D eigenvalue weighted by molar-refractivity contribution is 0.134. The molecule has 2 bridgehead atoms. The molecule has 2 aliphatic carbocycles. The van der Waals surface area contributed by atoms with Gasteiger partial charge < -0.3 is 5.11 Å². The first-order valence-electron chi connectivity index (χ1n) is 5.75. The predicted molar refractivity (Wildman–Crippen MR) is 51.4 cm³/mol. The van der Waals surface area contributed by atoms with E-state index in [-0.39, 0.29) is 6.10 Å². The van der Waals surface area contributed by atoms with Crippen molar-refractivity contribution in [1.29, 1.82) is 0 Å². The standard InChI is InChI=1S/C11H19NO/c13-10-3-4-12(7-10)11-6-8-1-2-9(11)5-8/h8-11,13H,1-7H2/t8?,9?,10-,11?/m0/s1. The third kappa shape index (κ3) is 1.31. The maximum atomic E-state index is 9.49. The fraction of sp³-hybridized carbons (Fsp3) is 1.00. The van der Waals surface area contributed by atoms with Crippen LogP contribution in [0.2, 0.25) is 0 Å². The van der Waals surface area contributed by atoms with Crippen molar-refractivity contribution in [1.82, 2.24) is 4.90 Å². The number of aliphatic hydroxyl groups is 1. The molecule has 3 unspecified atom stereocenters. The van der Waals surface area contributed by atoms with Gasteiger partial charge in [-0.3, -0.25) is 4.90 Å². The lowest BCUT2D eigenvalue weighted by atomic mass is 9.94. The minimum absolute atomic E-state index is 0.0286. The lowest BCUT2D eigenvalue weighted by Crippen LogP contribution is -2.37. The van der Waals surface area contributed by atoms with Crippen LogP contribution in [-0.2, 0) is 0 Å². The molecule has 3 fully saturated rings. The van der Waals surface area contributed by atoms with Crippen LogP contribution in [0.25, 0.3) is 0 Å². The van der Waals surface area contributed by atoms with Gasteiger partial charge >= 0.3 is 0 Å². The van der Waals surface area contributed by atoms with Gasteiger partial charge in [0.05, 0.1) is 6.10 Å². The van der Waals surface area contributed by atoms with Crippen LogP contribution in [0.1, 0.15) is 32.1 Å². The molecule has 0 amide bonds. The van der Waals surface area contributed by atoms with Crippen LogP contribution >= 0.6 is 0 Å². The Balaban J connectivity index is 1.66. The highest BCUT2D eigenvalue weighted by Gasteiger charge is 2.43. The van der Waals surface area contributed by atoms with Crippen LogP contribution in [0.5, 0.6) is 0 Å². The fourth-order valence-corrected chi connectivity index (χ4v) is 3.73. The molecule has 1 N–H and O–H groups in total. The molecule has 13 heavy (non-hydrogen) atoms. The first kappa shape index (κ1) is 8.25. The van der Waals surface area contributed by atoms with Crippen molar-refractivity contribution < 1.29 is 5.11 Å². The maximum absolute atomic E-state index is 9.49. The van der Waals surface area contributed by atoms with Crippen molar-refractivity contribution in [3.8, 4) is 0 Å². The third-order valence-corrected chi connectivity index (χ3v) is 4.36. The Morgan fingerprint density at radius 1 is 1.08 bits per heavy atom. The van der Waals surface area contributed by atoms with E-state index in [9.17, 15) is 5.11 Å². The molecule has 74 valence electrons. The highest BCUT2D eigenvalue weighted by molar-refractivity contribution is 4.97. The SMILES string of the molecule is O[C@H]1CCN(C2CC3CCC2C3)C1. The van der Waals surface area contributed by atoms with Gasteiger partial charge in [0, 0.05) is 19.1 Å². The van der Waals surface area contributed by atoms with Gasteiger partial charge in [-0.25, -0.2) is 0 Å². The Hall–Kier alpha value is -0.0800. The molecule has 2 saturated carbocycles. The molecule has 0 spiro atoms. The van der Waals surface area contributed by atoms with Gasteiger partial charge in [-0.05, 0) is 37.5 Å². The summed E-state index contributed by atoms with van der Waals surface area (Å²) in [6.07, 6.45) is 6.83. The fourth-order valence-electron chi connectivity index (χ4n) is 3.73. The minimum atomic E-state index is -0.0286. The summed E-state index contributed by atoms with van der Waals surface area (Å²) in [6.45, 7) is 2.10. The lowest BCUT2D eigenvalue weighted by Gasteiger charge is -2.30. The summed E-state index contributed by atoms with van der Waals surface area (Å²) >= 11 is 0. The van der Waals surface area contributed by atoms with E-state index in [1.54, 1.807) is 0 Å². The molecule has 2 heteroatoms. The summed E-state index contributed by atoms with van der Waals surface area (Å²) in [5, 5.41) is 9.49. The number of likely N-dealkylation sites (tertiary alicyclic amines) is 1. The zero-order valence-corrected chi connectivity index (χ0v) is 8.15. The highest BCUT2D eigenvalue weighted by atomic mass is 16.3. The van der Waals surface area contributed by atoms with Gasteiger partial charge in [-0.1, -0.05) is 6.42 Å².